The number of pyridine rings is 1. The van der Waals surface area contributed by atoms with Crippen molar-refractivity contribution in [2.45, 2.75) is 24.5 Å². The van der Waals surface area contributed by atoms with Crippen LogP contribution in [0.5, 0.6) is 0 Å². The number of hydrogen-bond donors (Lipinski definition) is 0. The van der Waals surface area contributed by atoms with Gasteiger partial charge in [0.05, 0.1) is 0 Å². The van der Waals surface area contributed by atoms with E-state index in [9.17, 15) is 0 Å². The SMILES string of the molecule is CSC1CCc2c[n+](C)ccc2C1. The maximum absolute atomic E-state index is 2.28. The van der Waals surface area contributed by atoms with Gasteiger partial charge in [0.25, 0.3) is 0 Å². The molecule has 13 heavy (non-hydrogen) atoms. The molecule has 0 saturated heterocycles. The monoisotopic (exact) mass is 194 g/mol. The Morgan fingerprint density at radius 1 is 1.46 bits per heavy atom. The maximum Gasteiger partial charge on any atom is 0.171 e. The third kappa shape index (κ3) is 1.88. The van der Waals surface area contributed by atoms with Crippen molar-refractivity contribution < 1.29 is 4.57 Å². The van der Waals surface area contributed by atoms with Gasteiger partial charge >= 0.3 is 0 Å². The molecule has 0 aromatic carbocycles. The molecule has 0 aliphatic heterocycles. The molecule has 0 spiro atoms. The highest BCUT2D eigenvalue weighted by atomic mass is 32.2. The van der Waals surface area contributed by atoms with Crippen molar-refractivity contribution in [2.24, 2.45) is 7.05 Å². The number of aromatic nitrogens is 1. The van der Waals surface area contributed by atoms with Crippen molar-refractivity contribution in [3.63, 3.8) is 0 Å². The molecular weight excluding hydrogens is 178 g/mol. The van der Waals surface area contributed by atoms with Crippen molar-refractivity contribution in [1.82, 2.24) is 0 Å². The van der Waals surface area contributed by atoms with Crippen LogP contribution in [0.1, 0.15) is 17.5 Å². The van der Waals surface area contributed by atoms with Crippen molar-refractivity contribution >= 4 is 11.8 Å². The van der Waals surface area contributed by atoms with E-state index in [2.05, 4.69) is 36.3 Å². The van der Waals surface area contributed by atoms with E-state index in [0.29, 0.717) is 0 Å². The van der Waals surface area contributed by atoms with Gasteiger partial charge in [0, 0.05) is 16.9 Å². The molecule has 1 aliphatic carbocycles. The summed E-state index contributed by atoms with van der Waals surface area (Å²) >= 11 is 2.01. The molecule has 2 rings (SSSR count). The number of fused-ring (bicyclic) bond motifs is 1. The van der Waals surface area contributed by atoms with Gasteiger partial charge in [-0.15, -0.1) is 0 Å². The Kier molecular flexibility index (Phi) is 2.58. The predicted octanol–water partition coefficient (Wildman–Crippen LogP) is 1.73. The number of hydrogen-bond acceptors (Lipinski definition) is 1. The van der Waals surface area contributed by atoms with Crippen molar-refractivity contribution in [1.29, 1.82) is 0 Å². The summed E-state index contributed by atoms with van der Waals surface area (Å²) in [6.45, 7) is 0. The molecule has 1 heterocycles. The molecule has 1 unspecified atom stereocenters. The van der Waals surface area contributed by atoms with Gasteiger partial charge in [0.2, 0.25) is 0 Å². The average molecular weight is 194 g/mol. The van der Waals surface area contributed by atoms with E-state index in [4.69, 9.17) is 0 Å². The van der Waals surface area contributed by atoms with Gasteiger partial charge in [-0.2, -0.15) is 11.8 Å². The number of thioether (sulfide) groups is 1. The molecule has 0 amide bonds. The van der Waals surface area contributed by atoms with Crippen LogP contribution in [-0.4, -0.2) is 11.5 Å². The van der Waals surface area contributed by atoms with E-state index in [-0.39, 0.29) is 0 Å². The summed E-state index contributed by atoms with van der Waals surface area (Å²) in [5.41, 5.74) is 3.11. The minimum absolute atomic E-state index is 0.847. The van der Waals surface area contributed by atoms with Gasteiger partial charge in [-0.3, -0.25) is 0 Å². The van der Waals surface area contributed by atoms with Crippen LogP contribution >= 0.6 is 11.8 Å². The van der Waals surface area contributed by atoms with E-state index in [0.717, 1.165) is 5.25 Å². The minimum Gasteiger partial charge on any atom is -0.208 e. The Morgan fingerprint density at radius 3 is 3.08 bits per heavy atom. The first-order chi connectivity index (χ1) is 6.29. The Balaban J connectivity index is 2.26. The first-order valence-corrected chi connectivity index (χ1v) is 6.08. The molecule has 0 N–H and O–H groups in total. The average Bonchev–Trinajstić information content (AvgIpc) is 2.17. The molecule has 0 bridgehead atoms. The van der Waals surface area contributed by atoms with E-state index in [1.54, 1.807) is 11.1 Å². The molecule has 1 atom stereocenters. The van der Waals surface area contributed by atoms with Crippen LogP contribution in [0.3, 0.4) is 0 Å². The van der Waals surface area contributed by atoms with Gasteiger partial charge in [-0.25, -0.2) is 4.57 Å². The Hall–Kier alpha value is -0.500. The summed E-state index contributed by atoms with van der Waals surface area (Å²) in [6.07, 6.45) is 10.5. The van der Waals surface area contributed by atoms with E-state index in [1.165, 1.54) is 19.3 Å². The van der Waals surface area contributed by atoms with Crippen molar-refractivity contribution in [3.05, 3.63) is 29.6 Å². The van der Waals surface area contributed by atoms with Crippen LogP contribution in [0.25, 0.3) is 0 Å². The molecule has 0 radical (unpaired) electrons. The Labute approximate surface area is 84.2 Å². The van der Waals surface area contributed by atoms with Gasteiger partial charge in [0.15, 0.2) is 12.4 Å². The Morgan fingerprint density at radius 2 is 2.31 bits per heavy atom. The summed E-state index contributed by atoms with van der Waals surface area (Å²) in [5, 5.41) is 0.847. The molecule has 1 aromatic rings. The van der Waals surface area contributed by atoms with Crippen LogP contribution in [0.2, 0.25) is 0 Å². The zero-order chi connectivity index (χ0) is 9.26. The predicted molar refractivity (Wildman–Crippen MR) is 56.9 cm³/mol. The number of aryl methyl sites for hydroxylation is 2. The smallest absolute Gasteiger partial charge is 0.171 e. The van der Waals surface area contributed by atoms with E-state index < -0.39 is 0 Å². The highest BCUT2D eigenvalue weighted by Crippen LogP contribution is 2.26. The topological polar surface area (TPSA) is 3.88 Å². The number of nitrogens with zero attached hydrogens (tertiary/aromatic N) is 1. The second-order valence-electron chi connectivity index (χ2n) is 3.76. The summed E-state index contributed by atoms with van der Waals surface area (Å²) in [6, 6.07) is 2.28. The molecule has 0 saturated carbocycles. The lowest BCUT2D eigenvalue weighted by Gasteiger charge is -2.21. The molecule has 2 heteroatoms. The lowest BCUT2D eigenvalue weighted by Crippen LogP contribution is -2.29. The maximum atomic E-state index is 2.28. The van der Waals surface area contributed by atoms with Gasteiger partial charge in [-0.1, -0.05) is 0 Å². The summed E-state index contributed by atoms with van der Waals surface area (Å²) in [5.74, 6) is 0. The summed E-state index contributed by atoms with van der Waals surface area (Å²) in [4.78, 5) is 0. The highest BCUT2D eigenvalue weighted by Gasteiger charge is 2.19. The highest BCUT2D eigenvalue weighted by molar-refractivity contribution is 7.99. The minimum atomic E-state index is 0.847. The normalized spacial score (nSPS) is 21.2. The molecule has 1 aliphatic rings. The fraction of sp³-hybridized carbons (Fsp3) is 0.545. The van der Waals surface area contributed by atoms with Crippen LogP contribution in [0.15, 0.2) is 18.5 Å². The third-order valence-corrected chi connectivity index (χ3v) is 3.87. The molecule has 1 nitrogen and oxygen atoms in total. The van der Waals surface area contributed by atoms with Crippen LogP contribution < -0.4 is 4.57 Å². The van der Waals surface area contributed by atoms with Crippen LogP contribution in [0, 0.1) is 0 Å². The molecule has 1 aromatic heterocycles. The van der Waals surface area contributed by atoms with E-state index in [1.807, 2.05) is 11.8 Å². The largest absolute Gasteiger partial charge is 0.208 e. The lowest BCUT2D eigenvalue weighted by atomic mass is 9.93. The molecule has 70 valence electrons. The first kappa shape index (κ1) is 9.07. The fourth-order valence-corrected chi connectivity index (χ4v) is 2.68. The number of rotatable bonds is 1. The zero-order valence-electron chi connectivity index (χ0n) is 8.29. The van der Waals surface area contributed by atoms with Gasteiger partial charge < -0.3 is 0 Å². The molecular formula is C11H16NS+. The fourth-order valence-electron chi connectivity index (χ4n) is 1.98. The van der Waals surface area contributed by atoms with Gasteiger partial charge in [0.1, 0.15) is 7.05 Å². The Bertz CT molecular complexity index is 309. The quantitative estimate of drug-likeness (QED) is 0.616. The van der Waals surface area contributed by atoms with E-state index >= 15 is 0 Å². The van der Waals surface area contributed by atoms with Crippen molar-refractivity contribution in [2.75, 3.05) is 6.26 Å². The summed E-state index contributed by atoms with van der Waals surface area (Å²) < 4.78 is 2.15. The lowest BCUT2D eigenvalue weighted by molar-refractivity contribution is -0.672. The third-order valence-electron chi connectivity index (χ3n) is 2.80. The van der Waals surface area contributed by atoms with Crippen LogP contribution in [0.4, 0.5) is 0 Å². The van der Waals surface area contributed by atoms with Crippen molar-refractivity contribution in [3.8, 4) is 0 Å². The van der Waals surface area contributed by atoms with Crippen LogP contribution in [-0.2, 0) is 19.9 Å². The molecule has 0 fully saturated rings. The standard InChI is InChI=1S/C11H16NS/c1-12-6-5-9-7-11(13-2)4-3-10(9)8-12/h5-6,8,11H,3-4,7H2,1-2H3/q+1. The zero-order valence-corrected chi connectivity index (χ0v) is 9.10. The van der Waals surface area contributed by atoms with Gasteiger partial charge in [-0.05, 0) is 31.1 Å². The second-order valence-corrected chi connectivity index (χ2v) is 4.90. The summed E-state index contributed by atoms with van der Waals surface area (Å²) in [7, 11) is 2.10. The first-order valence-electron chi connectivity index (χ1n) is 4.79. The second kappa shape index (κ2) is 3.70.